The van der Waals surface area contributed by atoms with Crippen molar-refractivity contribution in [3.05, 3.63) is 71.8 Å². The number of ether oxygens (including phenoxy) is 1. The molecule has 0 bridgehead atoms. The van der Waals surface area contributed by atoms with E-state index in [9.17, 15) is 9.59 Å². The zero-order chi connectivity index (χ0) is 14.2. The fourth-order valence-electron chi connectivity index (χ4n) is 1.82. The Morgan fingerprint density at radius 2 is 1.35 bits per heavy atom. The van der Waals surface area contributed by atoms with E-state index in [-0.39, 0.29) is 18.4 Å². The molecule has 0 spiro atoms. The molecular weight excluding hydrogens is 252 g/mol. The van der Waals surface area contributed by atoms with Crippen LogP contribution in [-0.4, -0.2) is 18.4 Å². The molecule has 0 atom stereocenters. The van der Waals surface area contributed by atoms with Crippen LogP contribution in [-0.2, 0) is 4.74 Å². The topological polar surface area (TPSA) is 43.4 Å². The maximum atomic E-state index is 11.8. The predicted octanol–water partition coefficient (Wildman–Crippen LogP) is 3.51. The molecule has 0 aromatic heterocycles. The fourth-order valence-corrected chi connectivity index (χ4v) is 1.82. The first-order valence-corrected chi connectivity index (χ1v) is 6.58. The average Bonchev–Trinajstić information content (AvgIpc) is 2.53. The van der Waals surface area contributed by atoms with E-state index in [0.717, 1.165) is 0 Å². The Bertz CT molecular complexity index is 508. The van der Waals surface area contributed by atoms with Gasteiger partial charge in [0.1, 0.15) is 0 Å². The summed E-state index contributed by atoms with van der Waals surface area (Å²) in [6, 6.07) is 18.0. The number of ketones is 1. The van der Waals surface area contributed by atoms with Crippen LogP contribution >= 0.6 is 0 Å². The molecule has 0 aliphatic heterocycles. The first-order chi connectivity index (χ1) is 9.77. The first-order valence-electron chi connectivity index (χ1n) is 6.58. The highest BCUT2D eigenvalue weighted by molar-refractivity contribution is 5.96. The molecule has 20 heavy (non-hydrogen) atoms. The fraction of sp³-hybridized carbons (Fsp3) is 0.176. The first kappa shape index (κ1) is 14.0. The molecule has 0 radical (unpaired) electrons. The third kappa shape index (κ3) is 4.05. The molecule has 2 rings (SSSR count). The summed E-state index contributed by atoms with van der Waals surface area (Å²) in [7, 11) is 0. The van der Waals surface area contributed by atoms with Gasteiger partial charge in [0, 0.05) is 12.0 Å². The van der Waals surface area contributed by atoms with E-state index in [1.165, 1.54) is 0 Å². The highest BCUT2D eigenvalue weighted by atomic mass is 16.5. The van der Waals surface area contributed by atoms with Crippen molar-refractivity contribution in [3.8, 4) is 0 Å². The van der Waals surface area contributed by atoms with Gasteiger partial charge < -0.3 is 4.74 Å². The Balaban J connectivity index is 1.72. The summed E-state index contributed by atoms with van der Waals surface area (Å²) in [6.45, 7) is 0.256. The van der Waals surface area contributed by atoms with Crippen LogP contribution in [0.15, 0.2) is 60.7 Å². The van der Waals surface area contributed by atoms with E-state index in [2.05, 4.69) is 0 Å². The van der Waals surface area contributed by atoms with Crippen LogP contribution < -0.4 is 0 Å². The predicted molar refractivity (Wildman–Crippen MR) is 76.7 cm³/mol. The number of esters is 1. The third-order valence-electron chi connectivity index (χ3n) is 2.89. The number of hydrogen-bond acceptors (Lipinski definition) is 3. The molecule has 0 saturated carbocycles. The number of hydrogen-bond donors (Lipinski definition) is 0. The van der Waals surface area contributed by atoms with E-state index in [4.69, 9.17) is 4.74 Å². The Kier molecular flexibility index (Phi) is 5.07. The highest BCUT2D eigenvalue weighted by Crippen LogP contribution is 2.06. The lowest BCUT2D eigenvalue weighted by Crippen LogP contribution is -2.08. The standard InChI is InChI=1S/C17H16O3/c18-16(14-8-3-1-4-9-14)12-7-13-20-17(19)15-10-5-2-6-11-15/h1-6,8-11H,7,12-13H2. The SMILES string of the molecule is O=C(CCCOC(=O)c1ccccc1)c1ccccc1. The summed E-state index contributed by atoms with van der Waals surface area (Å²) < 4.78 is 5.12. The molecule has 0 amide bonds. The minimum absolute atomic E-state index is 0.0707. The second-order valence-electron chi connectivity index (χ2n) is 4.39. The maximum absolute atomic E-state index is 11.8. The van der Waals surface area contributed by atoms with Crippen LogP contribution in [0.25, 0.3) is 0 Å². The van der Waals surface area contributed by atoms with Crippen molar-refractivity contribution in [2.75, 3.05) is 6.61 Å². The summed E-state index contributed by atoms with van der Waals surface area (Å²) in [6.07, 6.45) is 0.915. The number of rotatable bonds is 6. The molecule has 2 aromatic rings. The smallest absolute Gasteiger partial charge is 0.338 e. The molecule has 102 valence electrons. The van der Waals surface area contributed by atoms with Crippen LogP contribution in [0.3, 0.4) is 0 Å². The van der Waals surface area contributed by atoms with E-state index < -0.39 is 0 Å². The van der Waals surface area contributed by atoms with Crippen molar-refractivity contribution in [2.24, 2.45) is 0 Å². The molecule has 0 N–H and O–H groups in total. The Morgan fingerprint density at radius 3 is 1.95 bits per heavy atom. The van der Waals surface area contributed by atoms with E-state index in [1.807, 2.05) is 24.3 Å². The van der Waals surface area contributed by atoms with Crippen molar-refractivity contribution >= 4 is 11.8 Å². The molecule has 0 aliphatic rings. The Labute approximate surface area is 118 Å². The van der Waals surface area contributed by atoms with Gasteiger partial charge in [0.15, 0.2) is 5.78 Å². The van der Waals surface area contributed by atoms with E-state index in [0.29, 0.717) is 24.0 Å². The number of Topliss-reactive ketones (excluding diaryl/α,β-unsaturated/α-hetero) is 1. The maximum Gasteiger partial charge on any atom is 0.338 e. The second kappa shape index (κ2) is 7.24. The van der Waals surface area contributed by atoms with Gasteiger partial charge >= 0.3 is 5.97 Å². The largest absolute Gasteiger partial charge is 0.462 e. The van der Waals surface area contributed by atoms with Gasteiger partial charge in [-0.2, -0.15) is 0 Å². The minimum Gasteiger partial charge on any atom is -0.462 e. The summed E-state index contributed by atoms with van der Waals surface area (Å²) in [5, 5.41) is 0. The molecular formula is C17H16O3. The van der Waals surface area contributed by atoms with Gasteiger partial charge in [-0.1, -0.05) is 48.5 Å². The molecule has 2 aromatic carbocycles. The molecule has 0 aliphatic carbocycles. The summed E-state index contributed by atoms with van der Waals surface area (Å²) in [5.41, 5.74) is 1.23. The van der Waals surface area contributed by atoms with Crippen molar-refractivity contribution in [3.63, 3.8) is 0 Å². The number of carbonyl (C=O) groups excluding carboxylic acids is 2. The lowest BCUT2D eigenvalue weighted by Gasteiger charge is -2.04. The summed E-state index contributed by atoms with van der Waals surface area (Å²) in [5.74, 6) is -0.279. The normalized spacial score (nSPS) is 10.0. The van der Waals surface area contributed by atoms with Crippen molar-refractivity contribution in [1.82, 2.24) is 0 Å². The summed E-state index contributed by atoms with van der Waals surface area (Å²) in [4.78, 5) is 23.5. The minimum atomic E-state index is -0.349. The van der Waals surface area contributed by atoms with E-state index >= 15 is 0 Å². The molecule has 0 fully saturated rings. The van der Waals surface area contributed by atoms with Gasteiger partial charge in [-0.05, 0) is 18.6 Å². The van der Waals surface area contributed by atoms with Gasteiger partial charge in [-0.25, -0.2) is 4.79 Å². The lowest BCUT2D eigenvalue weighted by molar-refractivity contribution is 0.0494. The van der Waals surface area contributed by atoms with Crippen LogP contribution in [0, 0.1) is 0 Å². The van der Waals surface area contributed by atoms with Gasteiger partial charge in [-0.3, -0.25) is 4.79 Å². The number of benzene rings is 2. The second-order valence-corrected chi connectivity index (χ2v) is 4.39. The van der Waals surface area contributed by atoms with Crippen LogP contribution in [0.2, 0.25) is 0 Å². The molecule has 3 nitrogen and oxygen atoms in total. The van der Waals surface area contributed by atoms with Crippen LogP contribution in [0.4, 0.5) is 0 Å². The summed E-state index contributed by atoms with van der Waals surface area (Å²) >= 11 is 0. The molecule has 0 unspecified atom stereocenters. The van der Waals surface area contributed by atoms with Crippen molar-refractivity contribution in [2.45, 2.75) is 12.8 Å². The molecule has 0 heterocycles. The van der Waals surface area contributed by atoms with Crippen LogP contribution in [0.1, 0.15) is 33.6 Å². The van der Waals surface area contributed by atoms with Gasteiger partial charge in [0.05, 0.1) is 12.2 Å². The molecule has 0 saturated heterocycles. The Morgan fingerprint density at radius 1 is 0.800 bits per heavy atom. The third-order valence-corrected chi connectivity index (χ3v) is 2.89. The van der Waals surface area contributed by atoms with Crippen LogP contribution in [0.5, 0.6) is 0 Å². The molecule has 3 heteroatoms. The number of carbonyl (C=O) groups is 2. The quantitative estimate of drug-likeness (QED) is 0.457. The average molecular weight is 268 g/mol. The Hall–Kier alpha value is -2.42. The zero-order valence-electron chi connectivity index (χ0n) is 11.1. The highest BCUT2D eigenvalue weighted by Gasteiger charge is 2.07. The van der Waals surface area contributed by atoms with Crippen molar-refractivity contribution in [1.29, 1.82) is 0 Å². The van der Waals surface area contributed by atoms with Gasteiger partial charge in [0.25, 0.3) is 0 Å². The zero-order valence-corrected chi connectivity index (χ0v) is 11.1. The van der Waals surface area contributed by atoms with Crippen molar-refractivity contribution < 1.29 is 14.3 Å². The monoisotopic (exact) mass is 268 g/mol. The van der Waals surface area contributed by atoms with E-state index in [1.54, 1.807) is 36.4 Å². The van der Waals surface area contributed by atoms with Gasteiger partial charge in [-0.15, -0.1) is 0 Å². The van der Waals surface area contributed by atoms with Gasteiger partial charge in [0.2, 0.25) is 0 Å². The lowest BCUT2D eigenvalue weighted by atomic mass is 10.1.